The lowest BCUT2D eigenvalue weighted by molar-refractivity contribution is 0.301. The predicted molar refractivity (Wildman–Crippen MR) is 84.6 cm³/mol. The lowest BCUT2D eigenvalue weighted by Gasteiger charge is -2.13. The standard InChI is InChI=1S/C16H16Cl2FNO/c1-2-20-9-11-7-13(17)3-6-16(11)21-10-12-8-14(19)4-5-15(12)18/h3-8,20H,2,9-10H2,1H3. The van der Waals surface area contributed by atoms with E-state index in [0.717, 1.165) is 12.1 Å². The second-order valence-corrected chi connectivity index (χ2v) is 5.40. The molecule has 0 fully saturated rings. The summed E-state index contributed by atoms with van der Waals surface area (Å²) in [4.78, 5) is 0. The van der Waals surface area contributed by atoms with Gasteiger partial charge < -0.3 is 10.1 Å². The SMILES string of the molecule is CCNCc1cc(Cl)ccc1OCc1cc(F)ccc1Cl. The van der Waals surface area contributed by atoms with Gasteiger partial charge in [0.05, 0.1) is 0 Å². The van der Waals surface area contributed by atoms with E-state index >= 15 is 0 Å². The van der Waals surface area contributed by atoms with Crippen LogP contribution in [0.3, 0.4) is 0 Å². The quantitative estimate of drug-likeness (QED) is 0.821. The number of halogens is 3. The predicted octanol–water partition coefficient (Wildman–Crippen LogP) is 4.82. The molecule has 0 aromatic heterocycles. The first-order valence-corrected chi connectivity index (χ1v) is 7.41. The molecule has 0 spiro atoms. The van der Waals surface area contributed by atoms with Gasteiger partial charge in [0, 0.05) is 27.7 Å². The van der Waals surface area contributed by atoms with Crippen LogP contribution in [0.4, 0.5) is 4.39 Å². The molecule has 112 valence electrons. The maximum Gasteiger partial charge on any atom is 0.124 e. The van der Waals surface area contributed by atoms with Crippen LogP contribution in [0.25, 0.3) is 0 Å². The van der Waals surface area contributed by atoms with Crippen molar-refractivity contribution in [1.82, 2.24) is 5.32 Å². The Kier molecular flexibility index (Phi) is 5.85. The van der Waals surface area contributed by atoms with E-state index in [4.69, 9.17) is 27.9 Å². The summed E-state index contributed by atoms with van der Waals surface area (Å²) in [5.41, 5.74) is 1.57. The van der Waals surface area contributed by atoms with E-state index < -0.39 is 0 Å². The molecule has 0 saturated heterocycles. The molecule has 2 aromatic carbocycles. The Balaban J connectivity index is 2.13. The molecular formula is C16H16Cl2FNO. The van der Waals surface area contributed by atoms with Crippen LogP contribution in [0.15, 0.2) is 36.4 Å². The molecule has 0 atom stereocenters. The summed E-state index contributed by atoms with van der Waals surface area (Å²) < 4.78 is 19.0. The monoisotopic (exact) mass is 327 g/mol. The van der Waals surface area contributed by atoms with Crippen molar-refractivity contribution in [2.24, 2.45) is 0 Å². The van der Waals surface area contributed by atoms with E-state index in [1.165, 1.54) is 18.2 Å². The zero-order chi connectivity index (χ0) is 15.2. The van der Waals surface area contributed by atoms with Crippen LogP contribution in [0.2, 0.25) is 10.0 Å². The molecule has 0 bridgehead atoms. The van der Waals surface area contributed by atoms with Gasteiger partial charge in [0.2, 0.25) is 0 Å². The third-order valence-electron chi connectivity index (χ3n) is 2.98. The molecule has 0 aliphatic carbocycles. The minimum absolute atomic E-state index is 0.206. The fourth-order valence-corrected chi connectivity index (χ4v) is 2.26. The molecule has 1 N–H and O–H groups in total. The van der Waals surface area contributed by atoms with Crippen molar-refractivity contribution in [1.29, 1.82) is 0 Å². The second kappa shape index (κ2) is 7.64. The average Bonchev–Trinajstić information content (AvgIpc) is 2.47. The summed E-state index contributed by atoms with van der Waals surface area (Å²) in [6.07, 6.45) is 0. The van der Waals surface area contributed by atoms with Gasteiger partial charge >= 0.3 is 0 Å². The molecule has 0 amide bonds. The van der Waals surface area contributed by atoms with Gasteiger partial charge in [-0.2, -0.15) is 0 Å². The van der Waals surface area contributed by atoms with Crippen LogP contribution in [0.1, 0.15) is 18.1 Å². The van der Waals surface area contributed by atoms with Crippen molar-refractivity contribution in [2.45, 2.75) is 20.1 Å². The number of hydrogen-bond acceptors (Lipinski definition) is 2. The third kappa shape index (κ3) is 4.60. The smallest absolute Gasteiger partial charge is 0.124 e. The Hall–Kier alpha value is -1.29. The Bertz CT molecular complexity index is 619. The fraction of sp³-hybridized carbons (Fsp3) is 0.250. The van der Waals surface area contributed by atoms with Gasteiger partial charge in [0.1, 0.15) is 18.2 Å². The van der Waals surface area contributed by atoms with Crippen molar-refractivity contribution < 1.29 is 9.13 Å². The summed E-state index contributed by atoms with van der Waals surface area (Å²) in [5.74, 6) is 0.377. The molecule has 0 aliphatic rings. The van der Waals surface area contributed by atoms with Gasteiger partial charge in [-0.3, -0.25) is 0 Å². The molecular weight excluding hydrogens is 312 g/mol. The van der Waals surface area contributed by atoms with E-state index in [-0.39, 0.29) is 12.4 Å². The number of ether oxygens (including phenoxy) is 1. The number of benzene rings is 2. The third-order valence-corrected chi connectivity index (χ3v) is 3.58. The minimum atomic E-state index is -0.332. The lowest BCUT2D eigenvalue weighted by atomic mass is 10.2. The van der Waals surface area contributed by atoms with Gasteiger partial charge in [0.25, 0.3) is 0 Å². The lowest BCUT2D eigenvalue weighted by Crippen LogP contribution is -2.13. The maximum atomic E-state index is 13.2. The van der Waals surface area contributed by atoms with E-state index in [1.807, 2.05) is 19.1 Å². The summed E-state index contributed by atoms with van der Waals surface area (Å²) in [6, 6.07) is 9.65. The van der Waals surface area contributed by atoms with Crippen LogP contribution < -0.4 is 10.1 Å². The van der Waals surface area contributed by atoms with Gasteiger partial charge in [-0.1, -0.05) is 30.1 Å². The molecule has 0 radical (unpaired) electrons. The van der Waals surface area contributed by atoms with E-state index in [1.54, 1.807) is 6.07 Å². The van der Waals surface area contributed by atoms with Gasteiger partial charge in [-0.25, -0.2) is 4.39 Å². The Labute approximate surface area is 133 Å². The first-order chi connectivity index (χ1) is 10.1. The Morgan fingerprint density at radius 2 is 1.90 bits per heavy atom. The first kappa shape index (κ1) is 16.1. The fourth-order valence-electron chi connectivity index (χ4n) is 1.90. The highest BCUT2D eigenvalue weighted by Crippen LogP contribution is 2.25. The maximum absolute atomic E-state index is 13.2. The summed E-state index contributed by atoms with van der Waals surface area (Å²) in [7, 11) is 0. The Morgan fingerprint density at radius 1 is 1.10 bits per heavy atom. The van der Waals surface area contributed by atoms with Crippen molar-refractivity contribution in [3.05, 3.63) is 63.4 Å². The van der Waals surface area contributed by atoms with Gasteiger partial charge in [0.15, 0.2) is 0 Å². The van der Waals surface area contributed by atoms with Crippen LogP contribution in [0.5, 0.6) is 5.75 Å². The normalized spacial score (nSPS) is 10.7. The Morgan fingerprint density at radius 3 is 2.67 bits per heavy atom. The summed E-state index contributed by atoms with van der Waals surface area (Å²) in [6.45, 7) is 3.74. The van der Waals surface area contributed by atoms with Crippen LogP contribution in [0, 0.1) is 5.82 Å². The topological polar surface area (TPSA) is 21.3 Å². The molecule has 2 aromatic rings. The van der Waals surface area contributed by atoms with Crippen LogP contribution >= 0.6 is 23.2 Å². The molecule has 0 aliphatic heterocycles. The van der Waals surface area contributed by atoms with Gasteiger partial charge in [-0.05, 0) is 42.9 Å². The summed E-state index contributed by atoms with van der Waals surface area (Å²) in [5, 5.41) is 4.36. The van der Waals surface area contributed by atoms with Crippen LogP contribution in [-0.4, -0.2) is 6.54 Å². The molecule has 2 rings (SSSR count). The van der Waals surface area contributed by atoms with Crippen molar-refractivity contribution >= 4 is 23.2 Å². The van der Waals surface area contributed by atoms with Crippen LogP contribution in [-0.2, 0) is 13.2 Å². The van der Waals surface area contributed by atoms with Gasteiger partial charge in [-0.15, -0.1) is 0 Å². The van der Waals surface area contributed by atoms with Crippen molar-refractivity contribution in [3.63, 3.8) is 0 Å². The van der Waals surface area contributed by atoms with Crippen molar-refractivity contribution in [2.75, 3.05) is 6.54 Å². The molecule has 21 heavy (non-hydrogen) atoms. The molecule has 5 heteroatoms. The highest BCUT2D eigenvalue weighted by Gasteiger charge is 2.07. The number of rotatable bonds is 6. The van der Waals surface area contributed by atoms with E-state index in [9.17, 15) is 4.39 Å². The minimum Gasteiger partial charge on any atom is -0.489 e. The zero-order valence-corrected chi connectivity index (χ0v) is 13.1. The zero-order valence-electron chi connectivity index (χ0n) is 11.6. The van der Waals surface area contributed by atoms with E-state index in [2.05, 4.69) is 5.32 Å². The highest BCUT2D eigenvalue weighted by atomic mass is 35.5. The average molecular weight is 328 g/mol. The molecule has 0 unspecified atom stereocenters. The highest BCUT2D eigenvalue weighted by molar-refractivity contribution is 6.31. The summed E-state index contributed by atoms with van der Waals surface area (Å²) >= 11 is 12.0. The van der Waals surface area contributed by atoms with Crippen molar-refractivity contribution in [3.8, 4) is 5.75 Å². The van der Waals surface area contributed by atoms with E-state index in [0.29, 0.717) is 27.9 Å². The molecule has 0 saturated carbocycles. The number of hydrogen-bond donors (Lipinski definition) is 1. The molecule has 2 nitrogen and oxygen atoms in total. The largest absolute Gasteiger partial charge is 0.489 e. The second-order valence-electron chi connectivity index (χ2n) is 4.56. The first-order valence-electron chi connectivity index (χ1n) is 6.66. The number of nitrogens with one attached hydrogen (secondary N) is 1. The molecule has 0 heterocycles.